The summed E-state index contributed by atoms with van der Waals surface area (Å²) in [4.78, 5) is 45.6. The quantitative estimate of drug-likeness (QED) is 0.147. The van der Waals surface area contributed by atoms with Gasteiger partial charge >= 0.3 is 11.6 Å². The predicted octanol–water partition coefficient (Wildman–Crippen LogP) is 17.4. The van der Waals surface area contributed by atoms with Gasteiger partial charge in [-0.05, 0) is 152 Å². The summed E-state index contributed by atoms with van der Waals surface area (Å²) < 4.78 is 64.5. The fourth-order valence-electron chi connectivity index (χ4n) is 19.7. The lowest BCUT2D eigenvalue weighted by atomic mass is 10.1. The average Bonchev–Trinajstić information content (AvgIpc) is 1.33. The van der Waals surface area contributed by atoms with E-state index >= 15 is 0 Å². The van der Waals surface area contributed by atoms with Crippen molar-refractivity contribution in [3.05, 3.63) is 363 Å². The molecule has 602 valence electrons. The second-order valence-corrected chi connectivity index (χ2v) is 32.9. The Kier molecular flexibility index (Phi) is 15.3. The number of rotatable bonds is 5. The Balaban J connectivity index is 0.0000000862. The minimum Gasteiger partial charge on any atom is -0.417 e. The van der Waals surface area contributed by atoms with Crippen molar-refractivity contribution in [3.63, 3.8) is 0 Å². The molecule has 24 nitrogen and oxygen atoms in total. The number of nitrogens with zero attached hydrogens (tertiary/aromatic N) is 22. The molecule has 0 saturated carbocycles. The molecule has 0 spiro atoms. The van der Waals surface area contributed by atoms with Crippen LogP contribution in [0.1, 0.15) is 31.9 Å². The SMILES string of the molecule is Cn1c2cccnc2c2c1n(-c1ccccc1)c1[n+]2Cc2cnccc2-1.[2H]C([2H])([2H])n1c2cccnc2c2c1n(-c1ccccc1)c1[n+]2Cc2cnccc2-1.c1ccc(-n2c3[n+](c4c5ncccc5n(-c5ccccc5)c42)Cc2cnccc2-3)cc1.c1ccc(-n2c3[n+](c4c5ncccc5oc42)Cc2cnccc2-3)cc1.c1cnc2c(c1)sc1oc3[n+](c12)Cc1cnccc1-3. The first kappa shape index (κ1) is 68.7. The van der Waals surface area contributed by atoms with Crippen molar-refractivity contribution in [2.75, 3.05) is 0 Å². The first-order chi connectivity index (χ1) is 64.1. The Morgan fingerprint density at radius 1 is 0.299 bits per heavy atom. The lowest BCUT2D eigenvalue weighted by Crippen LogP contribution is -2.31. The summed E-state index contributed by atoms with van der Waals surface area (Å²) >= 11 is 1.65. The van der Waals surface area contributed by atoms with E-state index in [0.717, 1.165) is 166 Å². The smallest absolute Gasteiger partial charge is 0.383 e. The highest BCUT2D eigenvalue weighted by Crippen LogP contribution is 2.44. The summed E-state index contributed by atoms with van der Waals surface area (Å²) in [7, 11) is 2.12. The van der Waals surface area contributed by atoms with Gasteiger partial charge in [-0.2, -0.15) is 18.3 Å². The summed E-state index contributed by atoms with van der Waals surface area (Å²) in [5.74, 6) is 5.35. The summed E-state index contributed by atoms with van der Waals surface area (Å²) in [6.45, 7) is 1.49. The van der Waals surface area contributed by atoms with Gasteiger partial charge in [0.05, 0.1) is 54.6 Å². The molecule has 0 unspecified atom stereocenters. The molecule has 5 aromatic carbocycles. The maximum atomic E-state index is 8.25. The maximum Gasteiger partial charge on any atom is 0.383 e. The number of para-hydroxylation sites is 5. The number of fused-ring (bicyclic) bond motifs is 35. The van der Waals surface area contributed by atoms with Gasteiger partial charge in [-0.3, -0.25) is 29.5 Å². The third kappa shape index (κ3) is 10.7. The molecular formula is C102H71N22O2S+5. The number of imidazole rings is 4. The van der Waals surface area contributed by atoms with Crippen LogP contribution in [0.2, 0.25) is 0 Å². The Morgan fingerprint density at radius 3 is 1.13 bits per heavy atom. The molecule has 30 rings (SSSR count). The zero-order chi connectivity index (χ0) is 86.1. The van der Waals surface area contributed by atoms with Crippen LogP contribution in [-0.4, -0.2) is 81.8 Å². The number of pyridine rings is 10. The Morgan fingerprint density at radius 2 is 0.654 bits per heavy atom. The van der Waals surface area contributed by atoms with E-state index in [9.17, 15) is 0 Å². The molecule has 25 heterocycles. The zero-order valence-corrected chi connectivity index (χ0v) is 68.7. The molecule has 0 bridgehead atoms. The van der Waals surface area contributed by atoms with Crippen molar-refractivity contribution >= 4 is 121 Å². The fourth-order valence-corrected chi connectivity index (χ4v) is 20.7. The summed E-state index contributed by atoms with van der Waals surface area (Å²) in [6.07, 6.45) is 28.0. The molecule has 0 aliphatic carbocycles. The minimum absolute atomic E-state index is 0.603. The average molecular weight is 1670 g/mol. The number of benzene rings is 5. The lowest BCUT2D eigenvalue weighted by molar-refractivity contribution is -0.648. The van der Waals surface area contributed by atoms with Crippen molar-refractivity contribution < 1.29 is 35.8 Å². The third-order valence-corrected chi connectivity index (χ3v) is 26.0. The number of aromatic nitrogens is 22. The third-order valence-electron chi connectivity index (χ3n) is 25.0. The van der Waals surface area contributed by atoms with E-state index in [1.165, 1.54) is 71.0 Å². The Labute approximate surface area is 729 Å². The van der Waals surface area contributed by atoms with E-state index in [1.807, 2.05) is 182 Å². The second kappa shape index (κ2) is 28.3. The number of hydrogen-bond donors (Lipinski definition) is 0. The van der Waals surface area contributed by atoms with E-state index in [0.29, 0.717) is 23.2 Å². The van der Waals surface area contributed by atoms with Crippen LogP contribution in [0.3, 0.4) is 0 Å². The maximum absolute atomic E-state index is 8.25. The van der Waals surface area contributed by atoms with Gasteiger partial charge in [0, 0.05) is 139 Å². The van der Waals surface area contributed by atoms with Gasteiger partial charge in [0.15, 0.2) is 23.2 Å². The lowest BCUT2D eigenvalue weighted by Gasteiger charge is -2.08. The molecule has 0 atom stereocenters. The van der Waals surface area contributed by atoms with E-state index in [-0.39, 0.29) is 0 Å². The van der Waals surface area contributed by atoms with Crippen LogP contribution in [0.15, 0.2) is 344 Å². The van der Waals surface area contributed by atoms with Crippen molar-refractivity contribution in [1.29, 1.82) is 0 Å². The first-order valence-electron chi connectivity index (χ1n) is 43.4. The van der Waals surface area contributed by atoms with Crippen LogP contribution in [0.4, 0.5) is 0 Å². The molecule has 5 aliphatic rings. The van der Waals surface area contributed by atoms with Gasteiger partial charge < -0.3 is 18.0 Å². The second-order valence-electron chi connectivity index (χ2n) is 31.9. The van der Waals surface area contributed by atoms with Crippen LogP contribution in [0.5, 0.6) is 0 Å². The normalized spacial score (nSPS) is 13.1. The van der Waals surface area contributed by atoms with E-state index < -0.39 is 6.98 Å². The van der Waals surface area contributed by atoms with Crippen LogP contribution < -0.4 is 22.8 Å². The van der Waals surface area contributed by atoms with Gasteiger partial charge in [-0.25, -0.2) is 43.2 Å². The predicted molar refractivity (Wildman–Crippen MR) is 486 cm³/mol. The van der Waals surface area contributed by atoms with Crippen LogP contribution in [-0.2, 0) is 46.7 Å². The van der Waals surface area contributed by atoms with Gasteiger partial charge in [-0.1, -0.05) is 102 Å². The van der Waals surface area contributed by atoms with Crippen molar-refractivity contribution in [2.24, 2.45) is 14.0 Å². The summed E-state index contributed by atoms with van der Waals surface area (Å²) in [5, 5.41) is 0. The number of hydrogen-bond acceptors (Lipinski definition) is 13. The molecule has 25 aromatic rings. The van der Waals surface area contributed by atoms with Crippen LogP contribution in [0.25, 0.3) is 195 Å². The molecule has 0 fully saturated rings. The monoisotopic (exact) mass is 1670 g/mol. The molecule has 127 heavy (non-hydrogen) atoms. The van der Waals surface area contributed by atoms with Crippen LogP contribution in [0, 0.1) is 0 Å². The first-order valence-corrected chi connectivity index (χ1v) is 42.7. The van der Waals surface area contributed by atoms with Gasteiger partial charge in [0.25, 0.3) is 50.7 Å². The van der Waals surface area contributed by atoms with Crippen molar-refractivity contribution in [3.8, 4) is 85.4 Å². The van der Waals surface area contributed by atoms with Gasteiger partial charge in [0.1, 0.15) is 65.5 Å². The highest BCUT2D eigenvalue weighted by atomic mass is 32.1. The largest absolute Gasteiger partial charge is 0.417 e. The number of oxazole rings is 1. The molecular weight excluding hydrogens is 1600 g/mol. The van der Waals surface area contributed by atoms with Crippen LogP contribution >= 0.6 is 11.3 Å². The van der Waals surface area contributed by atoms with E-state index in [2.05, 4.69) is 232 Å². The van der Waals surface area contributed by atoms with E-state index in [1.54, 1.807) is 29.8 Å². The number of thiophene rings is 1. The highest BCUT2D eigenvalue weighted by molar-refractivity contribution is 7.25. The minimum atomic E-state index is -2.34. The molecule has 0 radical (unpaired) electrons. The summed E-state index contributed by atoms with van der Waals surface area (Å²) in [6, 6.07) is 81.9. The topological polar surface area (TPSA) is 209 Å². The van der Waals surface area contributed by atoms with Gasteiger partial charge in [0.2, 0.25) is 22.1 Å². The fraction of sp³-hybridized carbons (Fsp3) is 0.0686. The molecule has 0 saturated heterocycles. The highest BCUT2D eigenvalue weighted by Gasteiger charge is 2.45. The van der Waals surface area contributed by atoms with Crippen molar-refractivity contribution in [1.82, 2.24) is 81.8 Å². The Bertz CT molecular complexity index is 8930. The molecule has 5 aliphatic heterocycles. The number of furan rings is 1. The molecule has 25 heteroatoms. The number of aryl methyl sites for hydroxylation is 2. The van der Waals surface area contributed by atoms with Crippen molar-refractivity contribution in [2.45, 2.75) is 32.7 Å². The standard InChI is InChI=1S/C26H18N5.2C21H16N5.C20H13N4O.C14H8N3OS/c1-3-8-19(9-4-1)30-22-12-7-14-28-23(22)24-26(30)31(20-10-5-2-6-11-20)25-21-13-15-27-16-18(21)17-29(24)25;2*1-24-17-8-5-10-23-18(17)19-21(24)26(15-6-3-2-4-7-15)20-16-9-11-22-12-14(16)13-25(19)20;1-2-5-14(6-3-1)24-19-15-8-10-21-11-13(15)12-23(19)18-17-16(25-20(18)24)7-4-9-22-17;1-2-10-11(16-4-1)12-14(19-10)18-13-9-3-5-15-6-8(9)7-17(12)13/h1-16H,17H2;2*2-12H,13H2,1H3;1-11H,12H2;1-6H,7H2/q5*+1/i;1D3;;;. The molecule has 0 N–H and O–H groups in total. The molecule has 20 aromatic heterocycles. The van der Waals surface area contributed by atoms with E-state index in [4.69, 9.17) is 22.9 Å². The Hall–Kier alpha value is -16.9. The zero-order valence-electron chi connectivity index (χ0n) is 70.9. The summed E-state index contributed by atoms with van der Waals surface area (Å²) in [5.41, 5.74) is 34.6. The molecule has 0 amide bonds. The van der Waals surface area contributed by atoms with Gasteiger partial charge in [-0.15, -0.1) is 4.57 Å².